The number of thiophene rings is 1. The summed E-state index contributed by atoms with van der Waals surface area (Å²) >= 11 is 1.87. The van der Waals surface area contributed by atoms with Gasteiger partial charge in [0, 0.05) is 48.1 Å². The van der Waals surface area contributed by atoms with Crippen molar-refractivity contribution in [2.45, 2.75) is 52.4 Å². The predicted octanol–water partition coefficient (Wildman–Crippen LogP) is 16.1. The molecule has 1 nitrogen and oxygen atoms in total. The molecule has 0 spiro atoms. The normalized spacial score (nSPS) is 14.3. The summed E-state index contributed by atoms with van der Waals surface area (Å²) in [4.78, 5) is 2.45. The molecule has 2 heteroatoms. The highest BCUT2D eigenvalue weighted by Gasteiger charge is 2.37. The number of nitrogens with zero attached hydrogens (tertiary/aromatic N) is 1. The van der Waals surface area contributed by atoms with Gasteiger partial charge in [-0.2, -0.15) is 0 Å². The number of rotatable bonds is 5. The van der Waals surface area contributed by atoms with Gasteiger partial charge in [0.05, 0.1) is 0 Å². The molecule has 0 aliphatic heterocycles. The van der Waals surface area contributed by atoms with Crippen LogP contribution in [0.15, 0.2) is 164 Å². The Hall–Kier alpha value is -6.22. The third kappa shape index (κ3) is 5.14. The van der Waals surface area contributed by atoms with E-state index in [1.54, 1.807) is 0 Å². The molecule has 0 bridgehead atoms. The second-order valence-corrected chi connectivity index (χ2v) is 18.6. The molecule has 0 unspecified atom stereocenters. The first-order valence-corrected chi connectivity index (χ1v) is 21.3. The second kappa shape index (κ2) is 12.6. The number of hydrogen-bond acceptors (Lipinski definition) is 2. The van der Waals surface area contributed by atoms with Crippen molar-refractivity contribution in [3.63, 3.8) is 0 Å². The van der Waals surface area contributed by atoms with Crippen molar-refractivity contribution in [1.82, 2.24) is 0 Å². The number of fused-ring (bicyclic) bond motifs is 9. The van der Waals surface area contributed by atoms with E-state index in [4.69, 9.17) is 0 Å². The minimum atomic E-state index is -0.105. The predicted molar refractivity (Wildman–Crippen MR) is 249 cm³/mol. The number of hydrogen-bond donors (Lipinski definition) is 0. The molecule has 0 atom stereocenters. The van der Waals surface area contributed by atoms with Crippen molar-refractivity contribution >= 4 is 48.6 Å². The van der Waals surface area contributed by atoms with Crippen LogP contribution in [-0.2, 0) is 10.8 Å². The van der Waals surface area contributed by atoms with Crippen LogP contribution in [0.1, 0.15) is 61.1 Å². The van der Waals surface area contributed by atoms with Crippen molar-refractivity contribution in [3.8, 4) is 44.5 Å². The zero-order valence-corrected chi connectivity index (χ0v) is 34.8. The van der Waals surface area contributed by atoms with E-state index < -0.39 is 0 Å². The van der Waals surface area contributed by atoms with Crippen LogP contribution in [0.25, 0.3) is 64.7 Å². The third-order valence-corrected chi connectivity index (χ3v) is 14.4. The molecule has 0 saturated carbocycles. The van der Waals surface area contributed by atoms with Crippen molar-refractivity contribution < 1.29 is 0 Å². The molecule has 0 N–H and O–H groups in total. The highest BCUT2D eigenvalue weighted by atomic mass is 32.1. The van der Waals surface area contributed by atoms with E-state index in [9.17, 15) is 0 Å². The Morgan fingerprint density at radius 2 is 1.05 bits per heavy atom. The van der Waals surface area contributed by atoms with E-state index in [-0.39, 0.29) is 10.8 Å². The van der Waals surface area contributed by atoms with Crippen molar-refractivity contribution in [1.29, 1.82) is 0 Å². The molecule has 1 heterocycles. The molecule has 0 saturated heterocycles. The lowest BCUT2D eigenvalue weighted by Crippen LogP contribution is -2.16. The molecule has 1 aromatic heterocycles. The van der Waals surface area contributed by atoms with Gasteiger partial charge in [-0.15, -0.1) is 11.3 Å². The van der Waals surface area contributed by atoms with Gasteiger partial charge in [-0.25, -0.2) is 0 Å². The van der Waals surface area contributed by atoms with Crippen LogP contribution in [0.5, 0.6) is 0 Å². The van der Waals surface area contributed by atoms with E-state index in [1.807, 2.05) is 11.3 Å². The summed E-state index contributed by atoms with van der Waals surface area (Å²) in [6.07, 6.45) is 0. The summed E-state index contributed by atoms with van der Waals surface area (Å²) in [7, 11) is 0. The maximum atomic E-state index is 2.45. The molecule has 0 amide bonds. The van der Waals surface area contributed by atoms with E-state index in [1.165, 1.54) is 98.1 Å². The largest absolute Gasteiger partial charge is 0.310 e. The average Bonchev–Trinajstić information content (AvgIpc) is 3.81. The Morgan fingerprint density at radius 3 is 1.91 bits per heavy atom. The Balaban J connectivity index is 1.05. The topological polar surface area (TPSA) is 3.24 Å². The summed E-state index contributed by atoms with van der Waals surface area (Å²) < 4.78 is 2.66. The molecule has 2 aliphatic rings. The van der Waals surface area contributed by atoms with Crippen LogP contribution in [0.2, 0.25) is 0 Å². The summed E-state index contributed by atoms with van der Waals surface area (Å²) in [5, 5.41) is 2.66. The SMILES string of the molecule is Cc1cc(C)c2c(c1)C(C)(C)c1ccc(-c3cccc(N(c4ccc(-c5cccc6sc7ccccc7c56)cc4)c4ccc5c(c4)C(C)(C)c4ccccc4-5)c3)cc1-2. The first kappa shape index (κ1) is 35.0. The smallest absolute Gasteiger partial charge is 0.0467 e. The third-order valence-electron chi connectivity index (χ3n) is 13.2. The number of aryl methyl sites for hydroxylation is 2. The van der Waals surface area contributed by atoms with Crippen LogP contribution in [0.4, 0.5) is 17.1 Å². The lowest BCUT2D eigenvalue weighted by atomic mass is 9.81. The minimum Gasteiger partial charge on any atom is -0.310 e. The molecule has 58 heavy (non-hydrogen) atoms. The van der Waals surface area contributed by atoms with Gasteiger partial charge in [-0.05, 0) is 141 Å². The van der Waals surface area contributed by atoms with Gasteiger partial charge >= 0.3 is 0 Å². The van der Waals surface area contributed by atoms with E-state index in [0.29, 0.717) is 0 Å². The number of benzene rings is 8. The van der Waals surface area contributed by atoms with Crippen LogP contribution in [-0.4, -0.2) is 0 Å². The lowest BCUT2D eigenvalue weighted by molar-refractivity contribution is 0.659. The Bertz CT molecular complexity index is 3140. The summed E-state index contributed by atoms with van der Waals surface area (Å²) in [5.74, 6) is 0. The van der Waals surface area contributed by atoms with Gasteiger partial charge in [0.2, 0.25) is 0 Å². The molecule has 2 aliphatic carbocycles. The first-order chi connectivity index (χ1) is 28.1. The molecular formula is C56H45NS. The van der Waals surface area contributed by atoms with Crippen LogP contribution < -0.4 is 4.90 Å². The summed E-state index contributed by atoms with van der Waals surface area (Å²) in [5.41, 5.74) is 22.0. The maximum absolute atomic E-state index is 2.45. The van der Waals surface area contributed by atoms with E-state index in [0.717, 1.165) is 17.1 Å². The monoisotopic (exact) mass is 763 g/mol. The molecular weight excluding hydrogens is 719 g/mol. The van der Waals surface area contributed by atoms with Gasteiger partial charge in [-0.3, -0.25) is 0 Å². The van der Waals surface area contributed by atoms with E-state index in [2.05, 4.69) is 210 Å². The zero-order chi connectivity index (χ0) is 39.5. The minimum absolute atomic E-state index is 0.0339. The Kier molecular flexibility index (Phi) is 7.62. The molecule has 9 aromatic rings. The van der Waals surface area contributed by atoms with E-state index >= 15 is 0 Å². The van der Waals surface area contributed by atoms with Gasteiger partial charge in [0.15, 0.2) is 0 Å². The van der Waals surface area contributed by atoms with Crippen LogP contribution in [0, 0.1) is 13.8 Å². The second-order valence-electron chi connectivity index (χ2n) is 17.5. The van der Waals surface area contributed by atoms with Gasteiger partial charge < -0.3 is 4.90 Å². The van der Waals surface area contributed by atoms with Crippen molar-refractivity contribution in [3.05, 3.63) is 197 Å². The molecule has 11 rings (SSSR count). The fraction of sp³-hybridized carbons (Fsp3) is 0.143. The van der Waals surface area contributed by atoms with Gasteiger partial charge in [0.1, 0.15) is 0 Å². The fourth-order valence-corrected chi connectivity index (χ4v) is 11.5. The lowest BCUT2D eigenvalue weighted by Gasteiger charge is -2.28. The van der Waals surface area contributed by atoms with Crippen molar-refractivity contribution in [2.24, 2.45) is 0 Å². The molecule has 8 aromatic carbocycles. The highest BCUT2D eigenvalue weighted by molar-refractivity contribution is 7.25. The van der Waals surface area contributed by atoms with Gasteiger partial charge in [-0.1, -0.05) is 142 Å². The molecule has 0 radical (unpaired) electrons. The average molecular weight is 764 g/mol. The molecule has 280 valence electrons. The quantitative estimate of drug-likeness (QED) is 0.169. The Labute approximate surface area is 345 Å². The Morgan fingerprint density at radius 1 is 0.414 bits per heavy atom. The van der Waals surface area contributed by atoms with Crippen LogP contribution >= 0.6 is 11.3 Å². The first-order valence-electron chi connectivity index (χ1n) is 20.5. The molecule has 0 fully saturated rings. The highest BCUT2D eigenvalue weighted by Crippen LogP contribution is 2.53. The summed E-state index contributed by atoms with van der Waals surface area (Å²) in [6.45, 7) is 14.0. The maximum Gasteiger partial charge on any atom is 0.0467 e. The fourth-order valence-electron chi connectivity index (χ4n) is 10.3. The summed E-state index contributed by atoms with van der Waals surface area (Å²) in [6, 6.07) is 61.8. The van der Waals surface area contributed by atoms with Crippen LogP contribution in [0.3, 0.4) is 0 Å². The zero-order valence-electron chi connectivity index (χ0n) is 33.9. The standard InChI is InChI=1S/C56H45NS/c1-34-29-35(2)53-46-32-38(23-28-48(46)56(5,6)50(53)30-34)37-13-11-14-40(31-37)57(41-26-27-44-43-15-7-9-18-47(43)55(3,4)49(44)33-41)39-24-21-36(22-25-39)42-17-12-20-52-54(42)45-16-8-10-19-51(45)58-52/h7-33H,1-6H3. The van der Waals surface area contributed by atoms with Gasteiger partial charge in [0.25, 0.3) is 0 Å². The van der Waals surface area contributed by atoms with Crippen molar-refractivity contribution in [2.75, 3.05) is 4.90 Å². The number of anilines is 3.